The summed E-state index contributed by atoms with van der Waals surface area (Å²) in [5.41, 5.74) is 1.30. The molecule has 26 heavy (non-hydrogen) atoms. The van der Waals surface area contributed by atoms with E-state index >= 15 is 0 Å². The molecule has 3 rings (SSSR count). The van der Waals surface area contributed by atoms with Crippen molar-refractivity contribution in [2.75, 3.05) is 13.7 Å². The number of methoxy groups -OCH3 is 1. The molecular formula is C19H17ClN2O4. The zero-order chi connectivity index (χ0) is 18.8. The van der Waals surface area contributed by atoms with Crippen LogP contribution in [0.1, 0.15) is 39.2 Å². The van der Waals surface area contributed by atoms with Crippen molar-refractivity contribution >= 4 is 29.3 Å². The number of nitrogens with zero attached hydrogens (tertiary/aromatic N) is 1. The van der Waals surface area contributed by atoms with E-state index in [1.807, 2.05) is 6.92 Å². The molecule has 1 aliphatic rings. The third-order valence-corrected chi connectivity index (χ3v) is 4.48. The maximum absolute atomic E-state index is 12.5. The maximum Gasteiger partial charge on any atom is 0.265 e. The molecule has 0 saturated heterocycles. The van der Waals surface area contributed by atoms with E-state index in [-0.39, 0.29) is 23.7 Å². The van der Waals surface area contributed by atoms with E-state index in [9.17, 15) is 14.4 Å². The number of carbonyl (C=O) groups is 3. The summed E-state index contributed by atoms with van der Waals surface area (Å²) in [5.74, 6) is -1.14. The molecule has 134 valence electrons. The lowest BCUT2D eigenvalue weighted by Gasteiger charge is -2.18. The number of nitrogens with one attached hydrogen (secondary N) is 1. The SMILES string of the molecule is COc1cccc2c1C(=O)N(CC(=O)N[C@@H](C)c1ccc(Cl)cc1)C2=O. The zero-order valence-corrected chi connectivity index (χ0v) is 15.0. The smallest absolute Gasteiger partial charge is 0.265 e. The van der Waals surface area contributed by atoms with Gasteiger partial charge in [0.05, 0.1) is 24.3 Å². The summed E-state index contributed by atoms with van der Waals surface area (Å²) in [6.45, 7) is 1.46. The molecule has 0 bridgehead atoms. The van der Waals surface area contributed by atoms with Crippen molar-refractivity contribution in [3.63, 3.8) is 0 Å². The Bertz CT molecular complexity index is 880. The van der Waals surface area contributed by atoms with E-state index in [0.29, 0.717) is 10.8 Å². The predicted octanol–water partition coefficient (Wildman–Crippen LogP) is 2.82. The van der Waals surface area contributed by atoms with Gasteiger partial charge in [-0.25, -0.2) is 0 Å². The van der Waals surface area contributed by atoms with Gasteiger partial charge in [-0.3, -0.25) is 19.3 Å². The summed E-state index contributed by atoms with van der Waals surface area (Å²) >= 11 is 5.86. The van der Waals surface area contributed by atoms with Crippen LogP contribution in [-0.4, -0.2) is 36.3 Å². The van der Waals surface area contributed by atoms with Gasteiger partial charge in [-0.05, 0) is 36.8 Å². The van der Waals surface area contributed by atoms with Crippen molar-refractivity contribution in [3.8, 4) is 5.75 Å². The summed E-state index contributed by atoms with van der Waals surface area (Å²) in [4.78, 5) is 38.3. The highest BCUT2D eigenvalue weighted by Gasteiger charge is 2.39. The zero-order valence-electron chi connectivity index (χ0n) is 14.3. The first-order chi connectivity index (χ1) is 12.4. The van der Waals surface area contributed by atoms with Crippen molar-refractivity contribution in [1.29, 1.82) is 0 Å². The highest BCUT2D eigenvalue weighted by atomic mass is 35.5. The van der Waals surface area contributed by atoms with Crippen LogP contribution < -0.4 is 10.1 Å². The monoisotopic (exact) mass is 372 g/mol. The topological polar surface area (TPSA) is 75.7 Å². The second-order valence-electron chi connectivity index (χ2n) is 5.92. The summed E-state index contributed by atoms with van der Waals surface area (Å²) in [7, 11) is 1.43. The molecule has 0 fully saturated rings. The van der Waals surface area contributed by atoms with Crippen molar-refractivity contribution < 1.29 is 19.1 Å². The third kappa shape index (κ3) is 3.28. The van der Waals surface area contributed by atoms with Crippen LogP contribution in [0.2, 0.25) is 5.02 Å². The molecule has 1 heterocycles. The van der Waals surface area contributed by atoms with Crippen LogP contribution in [0.15, 0.2) is 42.5 Å². The standard InChI is InChI=1S/C19H17ClN2O4/c1-11(12-6-8-13(20)9-7-12)21-16(23)10-22-18(24)14-4-3-5-15(26-2)17(14)19(22)25/h3-9,11H,10H2,1-2H3,(H,21,23)/t11-/m0/s1. The van der Waals surface area contributed by atoms with Crippen molar-refractivity contribution in [2.45, 2.75) is 13.0 Å². The Labute approximate surface area is 155 Å². The average Bonchev–Trinajstić information content (AvgIpc) is 2.87. The fourth-order valence-electron chi connectivity index (χ4n) is 2.88. The summed E-state index contributed by atoms with van der Waals surface area (Å²) in [6, 6.07) is 11.6. The molecule has 3 amide bonds. The Hall–Kier alpha value is -2.86. The Balaban J connectivity index is 1.71. The molecule has 0 radical (unpaired) electrons. The summed E-state index contributed by atoms with van der Waals surface area (Å²) in [5, 5.41) is 3.38. The van der Waals surface area contributed by atoms with Crippen molar-refractivity contribution in [1.82, 2.24) is 10.2 Å². The summed E-state index contributed by atoms with van der Waals surface area (Å²) < 4.78 is 5.15. The van der Waals surface area contributed by atoms with E-state index in [1.165, 1.54) is 7.11 Å². The predicted molar refractivity (Wildman–Crippen MR) is 96.4 cm³/mol. The molecular weight excluding hydrogens is 356 g/mol. The quantitative estimate of drug-likeness (QED) is 0.819. The van der Waals surface area contributed by atoms with Gasteiger partial charge in [0.25, 0.3) is 11.8 Å². The van der Waals surface area contributed by atoms with Gasteiger partial charge >= 0.3 is 0 Å². The van der Waals surface area contributed by atoms with Crippen LogP contribution in [0.5, 0.6) is 5.75 Å². The van der Waals surface area contributed by atoms with Gasteiger partial charge < -0.3 is 10.1 Å². The first-order valence-electron chi connectivity index (χ1n) is 8.00. The van der Waals surface area contributed by atoms with E-state index in [4.69, 9.17) is 16.3 Å². The number of fused-ring (bicyclic) bond motifs is 1. The van der Waals surface area contributed by atoms with E-state index in [1.54, 1.807) is 42.5 Å². The molecule has 0 aliphatic carbocycles. The van der Waals surface area contributed by atoms with Crippen LogP contribution in [0.3, 0.4) is 0 Å². The minimum Gasteiger partial charge on any atom is -0.496 e. The molecule has 1 aliphatic heterocycles. The Morgan fingerprint density at radius 1 is 1.15 bits per heavy atom. The minimum atomic E-state index is -0.531. The largest absolute Gasteiger partial charge is 0.496 e. The van der Waals surface area contributed by atoms with Gasteiger partial charge in [0.15, 0.2) is 0 Å². The molecule has 1 atom stereocenters. The van der Waals surface area contributed by atoms with Crippen LogP contribution in [-0.2, 0) is 4.79 Å². The number of carbonyl (C=O) groups excluding carboxylic acids is 3. The lowest BCUT2D eigenvalue weighted by Crippen LogP contribution is -2.41. The number of rotatable bonds is 5. The van der Waals surface area contributed by atoms with Crippen molar-refractivity contribution in [3.05, 3.63) is 64.2 Å². The van der Waals surface area contributed by atoms with E-state index in [0.717, 1.165) is 10.5 Å². The van der Waals surface area contributed by atoms with Gasteiger partial charge in [0, 0.05) is 5.02 Å². The first-order valence-corrected chi connectivity index (χ1v) is 8.38. The van der Waals surface area contributed by atoms with Crippen LogP contribution in [0, 0.1) is 0 Å². The molecule has 1 N–H and O–H groups in total. The van der Waals surface area contributed by atoms with E-state index in [2.05, 4.69) is 5.32 Å². The van der Waals surface area contributed by atoms with Gasteiger partial charge in [-0.1, -0.05) is 29.8 Å². The second-order valence-corrected chi connectivity index (χ2v) is 6.36. The molecule has 0 aromatic heterocycles. The summed E-state index contributed by atoms with van der Waals surface area (Å²) in [6.07, 6.45) is 0. The van der Waals surface area contributed by atoms with Gasteiger partial charge in [-0.2, -0.15) is 0 Å². The second kappa shape index (κ2) is 7.17. The molecule has 2 aromatic rings. The number of imide groups is 1. The minimum absolute atomic E-state index is 0.193. The third-order valence-electron chi connectivity index (χ3n) is 4.23. The number of hydrogen-bond donors (Lipinski definition) is 1. The Morgan fingerprint density at radius 3 is 2.50 bits per heavy atom. The average molecular weight is 373 g/mol. The van der Waals surface area contributed by atoms with E-state index < -0.39 is 17.7 Å². The van der Waals surface area contributed by atoms with Crippen LogP contribution >= 0.6 is 11.6 Å². The molecule has 2 aromatic carbocycles. The maximum atomic E-state index is 12.5. The lowest BCUT2D eigenvalue weighted by molar-refractivity contribution is -0.122. The number of amides is 3. The number of benzene rings is 2. The fraction of sp³-hybridized carbons (Fsp3) is 0.211. The Kier molecular flexibility index (Phi) is 4.95. The first kappa shape index (κ1) is 17.9. The molecule has 0 unspecified atom stereocenters. The fourth-order valence-corrected chi connectivity index (χ4v) is 3.01. The lowest BCUT2D eigenvalue weighted by atomic mass is 10.1. The number of halogens is 1. The molecule has 0 saturated carbocycles. The molecule has 7 heteroatoms. The molecule has 0 spiro atoms. The Morgan fingerprint density at radius 2 is 1.85 bits per heavy atom. The number of hydrogen-bond acceptors (Lipinski definition) is 4. The normalized spacial score (nSPS) is 14.2. The van der Waals surface area contributed by atoms with Crippen LogP contribution in [0.25, 0.3) is 0 Å². The van der Waals surface area contributed by atoms with Gasteiger partial charge in [0.1, 0.15) is 12.3 Å². The van der Waals surface area contributed by atoms with Crippen molar-refractivity contribution in [2.24, 2.45) is 0 Å². The number of ether oxygens (including phenoxy) is 1. The highest BCUT2D eigenvalue weighted by Crippen LogP contribution is 2.30. The van der Waals surface area contributed by atoms with Gasteiger partial charge in [0.2, 0.25) is 5.91 Å². The van der Waals surface area contributed by atoms with Gasteiger partial charge in [-0.15, -0.1) is 0 Å². The highest BCUT2D eigenvalue weighted by molar-refractivity contribution is 6.30. The van der Waals surface area contributed by atoms with Crippen LogP contribution in [0.4, 0.5) is 0 Å². The molecule has 6 nitrogen and oxygen atoms in total.